The fraction of sp³-hybridized carbons (Fsp3) is 0.800. The van der Waals surface area contributed by atoms with Crippen LogP contribution in [0.4, 0.5) is 8.78 Å². The van der Waals surface area contributed by atoms with Crippen molar-refractivity contribution in [3.8, 4) is 0 Å². The molecule has 12 heavy (non-hydrogen) atoms. The van der Waals surface area contributed by atoms with E-state index in [4.69, 9.17) is 0 Å². The summed E-state index contributed by atoms with van der Waals surface area (Å²) in [5.74, 6) is -2.03. The van der Waals surface area contributed by atoms with Gasteiger partial charge in [-0.2, -0.15) is 8.78 Å². The highest BCUT2D eigenvalue weighted by Crippen LogP contribution is 2.18. The number of ether oxygens (including phenoxy) is 1. The number of rotatable bonds is 4. The molecule has 0 aliphatic heterocycles. The van der Waals surface area contributed by atoms with Gasteiger partial charge in [-0.25, -0.2) is 4.79 Å². The predicted octanol–water partition coefficient (Wildman–Crippen LogP) is 0.412. The highest BCUT2D eigenvalue weighted by atomic mass is 32.2. The summed E-state index contributed by atoms with van der Waals surface area (Å²) in [6, 6.07) is 0. The molecule has 0 aliphatic rings. The minimum Gasteiger partial charge on any atom is -0.767 e. The van der Waals surface area contributed by atoms with Gasteiger partial charge < -0.3 is 9.29 Å². The third kappa shape index (κ3) is 2.82. The van der Waals surface area contributed by atoms with Crippen molar-refractivity contribution in [2.24, 2.45) is 0 Å². The molecule has 72 valence electrons. The van der Waals surface area contributed by atoms with Crippen LogP contribution in [0.15, 0.2) is 0 Å². The fourth-order valence-electron chi connectivity index (χ4n) is 0.347. The van der Waals surface area contributed by atoms with Crippen LogP contribution in [0, 0.1) is 0 Å². The van der Waals surface area contributed by atoms with Gasteiger partial charge in [-0.05, 0) is 6.42 Å². The highest BCUT2D eigenvalue weighted by molar-refractivity contribution is 7.81. The molecule has 1 unspecified atom stereocenters. The number of carbonyl (C=O) groups excluding carboxylic acids is 1. The van der Waals surface area contributed by atoms with E-state index in [1.807, 2.05) is 0 Å². The molecule has 0 aromatic heterocycles. The fourth-order valence-corrected chi connectivity index (χ4v) is 0.542. The topological polar surface area (TPSA) is 66.4 Å². The number of esters is 1. The number of hydrogen-bond donors (Lipinski definition) is 0. The Kier molecular flexibility index (Phi) is 4.25. The molecular formula is C5H7F2O4S-. The third-order valence-corrected chi connectivity index (χ3v) is 1.47. The smallest absolute Gasteiger partial charge is 0.403 e. The Hall–Kier alpha value is -0.560. The van der Waals surface area contributed by atoms with Crippen LogP contribution >= 0.6 is 0 Å². The van der Waals surface area contributed by atoms with E-state index in [0.29, 0.717) is 6.42 Å². The maximum Gasteiger partial charge on any atom is 0.403 e. The quantitative estimate of drug-likeness (QED) is 0.488. The van der Waals surface area contributed by atoms with E-state index < -0.39 is 22.3 Å². The summed E-state index contributed by atoms with van der Waals surface area (Å²) in [6.45, 7) is 1.38. The Morgan fingerprint density at radius 1 is 1.67 bits per heavy atom. The number of halogens is 2. The number of alkyl halides is 2. The van der Waals surface area contributed by atoms with Crippen molar-refractivity contribution in [1.82, 2.24) is 0 Å². The standard InChI is InChI=1S/C5H8F2O4S/c1-2-3-11-4(8)5(6,7)12(9)10/h2-3H2,1H3,(H,9,10)/p-1. The van der Waals surface area contributed by atoms with Crippen molar-refractivity contribution in [2.75, 3.05) is 6.61 Å². The molecule has 0 N–H and O–H groups in total. The van der Waals surface area contributed by atoms with Gasteiger partial charge in [0, 0.05) is 11.1 Å². The second-order valence-electron chi connectivity index (χ2n) is 1.89. The molecule has 0 rings (SSSR count). The predicted molar refractivity (Wildman–Crippen MR) is 35.1 cm³/mol. The first-order valence-electron chi connectivity index (χ1n) is 3.07. The largest absolute Gasteiger partial charge is 0.767 e. The highest BCUT2D eigenvalue weighted by Gasteiger charge is 2.42. The third-order valence-electron chi connectivity index (χ3n) is 0.884. The van der Waals surface area contributed by atoms with Gasteiger partial charge in [0.15, 0.2) is 0 Å². The minimum atomic E-state index is -4.44. The van der Waals surface area contributed by atoms with Gasteiger partial charge in [0.1, 0.15) is 0 Å². The summed E-state index contributed by atoms with van der Waals surface area (Å²) in [6.07, 6.45) is 0.354. The summed E-state index contributed by atoms with van der Waals surface area (Å²) in [4.78, 5) is 10.3. The van der Waals surface area contributed by atoms with Gasteiger partial charge in [-0.15, -0.1) is 0 Å². The van der Waals surface area contributed by atoms with Gasteiger partial charge in [0.25, 0.3) is 0 Å². The van der Waals surface area contributed by atoms with Gasteiger partial charge in [0.05, 0.1) is 6.61 Å². The monoisotopic (exact) mass is 201 g/mol. The van der Waals surface area contributed by atoms with Crippen molar-refractivity contribution in [3.05, 3.63) is 0 Å². The van der Waals surface area contributed by atoms with E-state index >= 15 is 0 Å². The molecule has 0 heterocycles. The second kappa shape index (κ2) is 4.46. The lowest BCUT2D eigenvalue weighted by molar-refractivity contribution is -0.161. The van der Waals surface area contributed by atoms with Crippen LogP contribution in [-0.2, 0) is 20.6 Å². The number of hydrogen-bond acceptors (Lipinski definition) is 4. The molecule has 0 spiro atoms. The lowest BCUT2D eigenvalue weighted by Gasteiger charge is -2.16. The maximum absolute atomic E-state index is 12.2. The van der Waals surface area contributed by atoms with Crippen LogP contribution in [0.3, 0.4) is 0 Å². The molecule has 0 bridgehead atoms. The first-order valence-corrected chi connectivity index (χ1v) is 4.14. The molecule has 0 amide bonds. The zero-order valence-corrected chi connectivity index (χ0v) is 7.03. The molecule has 1 atom stereocenters. The van der Waals surface area contributed by atoms with Crippen molar-refractivity contribution < 1.29 is 27.1 Å². The van der Waals surface area contributed by atoms with E-state index in [-0.39, 0.29) is 6.61 Å². The Morgan fingerprint density at radius 3 is 2.50 bits per heavy atom. The summed E-state index contributed by atoms with van der Waals surface area (Å²) in [5.41, 5.74) is 0. The molecule has 0 aromatic rings. The number of carbonyl (C=O) groups is 1. The SMILES string of the molecule is CCCOC(=O)C(F)(F)S(=O)[O-]. The maximum atomic E-state index is 12.2. The van der Waals surface area contributed by atoms with E-state index in [1.165, 1.54) is 0 Å². The molecule has 0 saturated carbocycles. The first kappa shape index (κ1) is 11.4. The Labute approximate surface area is 70.2 Å². The summed E-state index contributed by atoms with van der Waals surface area (Å²) >= 11 is -3.77. The Bertz CT molecular complexity index is 194. The van der Waals surface area contributed by atoms with Crippen molar-refractivity contribution in [2.45, 2.75) is 18.6 Å². The van der Waals surface area contributed by atoms with E-state index in [1.54, 1.807) is 6.92 Å². The first-order chi connectivity index (χ1) is 5.42. The van der Waals surface area contributed by atoms with Crippen LogP contribution in [0.2, 0.25) is 0 Å². The normalized spacial score (nSPS) is 14.0. The lowest BCUT2D eigenvalue weighted by Crippen LogP contribution is -2.35. The van der Waals surface area contributed by atoms with E-state index in [2.05, 4.69) is 4.74 Å². The van der Waals surface area contributed by atoms with Crippen molar-refractivity contribution in [1.29, 1.82) is 0 Å². The molecule has 0 saturated heterocycles. The van der Waals surface area contributed by atoms with Crippen LogP contribution in [0.1, 0.15) is 13.3 Å². The Morgan fingerprint density at radius 2 is 2.17 bits per heavy atom. The van der Waals surface area contributed by atoms with E-state index in [0.717, 1.165) is 0 Å². The molecule has 0 radical (unpaired) electrons. The lowest BCUT2D eigenvalue weighted by atomic mass is 10.5. The average Bonchev–Trinajstić information content (AvgIpc) is 1.99. The molecule has 0 aromatic carbocycles. The van der Waals surface area contributed by atoms with Crippen molar-refractivity contribution in [3.63, 3.8) is 0 Å². The minimum absolute atomic E-state index is 0.217. The summed E-state index contributed by atoms with van der Waals surface area (Å²) in [5, 5.41) is -4.44. The van der Waals surface area contributed by atoms with Gasteiger partial charge in [-0.1, -0.05) is 6.92 Å². The van der Waals surface area contributed by atoms with Crippen LogP contribution in [0.25, 0.3) is 0 Å². The summed E-state index contributed by atoms with van der Waals surface area (Å²) < 4.78 is 47.8. The van der Waals surface area contributed by atoms with Crippen LogP contribution < -0.4 is 0 Å². The van der Waals surface area contributed by atoms with E-state index in [9.17, 15) is 22.3 Å². The van der Waals surface area contributed by atoms with Crippen molar-refractivity contribution >= 4 is 17.0 Å². The zero-order valence-electron chi connectivity index (χ0n) is 6.21. The molecule has 4 nitrogen and oxygen atoms in total. The van der Waals surface area contributed by atoms with Crippen LogP contribution in [0.5, 0.6) is 0 Å². The van der Waals surface area contributed by atoms with Gasteiger partial charge >= 0.3 is 11.2 Å². The Balaban J connectivity index is 4.16. The molecule has 0 fully saturated rings. The van der Waals surface area contributed by atoms with Gasteiger partial charge in [-0.3, -0.25) is 4.21 Å². The molecule has 0 aliphatic carbocycles. The molecule has 7 heteroatoms. The molecular weight excluding hydrogens is 194 g/mol. The zero-order chi connectivity index (χ0) is 9.78. The second-order valence-corrected chi connectivity index (χ2v) is 2.87. The average molecular weight is 201 g/mol. The summed E-state index contributed by atoms with van der Waals surface area (Å²) in [7, 11) is 0. The van der Waals surface area contributed by atoms with Crippen LogP contribution in [-0.4, -0.2) is 26.6 Å². The van der Waals surface area contributed by atoms with Gasteiger partial charge in [0.2, 0.25) is 0 Å².